The first-order valence-corrected chi connectivity index (χ1v) is 5.55. The smallest absolute Gasteiger partial charge is 0.247 e. The molecule has 5 nitrogen and oxygen atoms in total. The third-order valence-corrected chi connectivity index (χ3v) is 2.50. The number of hydrogen-bond acceptors (Lipinski definition) is 4. The van der Waals surface area contributed by atoms with Crippen LogP contribution < -0.4 is 4.72 Å². The summed E-state index contributed by atoms with van der Waals surface area (Å²) in [5, 5.41) is 8.59. The molecule has 0 saturated heterocycles. The van der Waals surface area contributed by atoms with E-state index in [1.807, 2.05) is 0 Å². The highest BCUT2D eigenvalue weighted by Crippen LogP contribution is 2.12. The molecule has 0 fully saturated rings. The van der Waals surface area contributed by atoms with Gasteiger partial charge in [0, 0.05) is 17.3 Å². The van der Waals surface area contributed by atoms with Gasteiger partial charge in [0.2, 0.25) is 10.0 Å². The maximum absolute atomic E-state index is 11.1. The normalized spacial score (nSPS) is 10.6. The van der Waals surface area contributed by atoms with Crippen molar-refractivity contribution in [2.75, 3.05) is 10.5 Å². The molecule has 14 heavy (non-hydrogen) atoms. The van der Waals surface area contributed by atoms with E-state index in [1.165, 1.54) is 24.4 Å². The van der Waals surface area contributed by atoms with Crippen molar-refractivity contribution in [1.82, 2.24) is 4.98 Å². The predicted molar refractivity (Wildman–Crippen MR) is 52.3 cm³/mol. The molecular weight excluding hydrogens is 226 g/mol. The molecular formula is C7H6ClN3O2S. The van der Waals surface area contributed by atoms with Gasteiger partial charge in [-0.1, -0.05) is 11.6 Å². The number of hydrogen-bond donors (Lipinski definition) is 1. The van der Waals surface area contributed by atoms with Gasteiger partial charge in [0.05, 0.1) is 6.07 Å². The summed E-state index contributed by atoms with van der Waals surface area (Å²) in [6.07, 6.45) is 1.37. The van der Waals surface area contributed by atoms with Crippen molar-refractivity contribution in [3.63, 3.8) is 0 Å². The zero-order valence-electron chi connectivity index (χ0n) is 6.94. The topological polar surface area (TPSA) is 82.8 Å². The molecule has 1 aromatic rings. The lowest BCUT2D eigenvalue weighted by Gasteiger charge is -2.03. The van der Waals surface area contributed by atoms with Gasteiger partial charge in [-0.05, 0) is 6.07 Å². The molecule has 0 amide bonds. The van der Waals surface area contributed by atoms with E-state index in [0.717, 1.165) is 0 Å². The largest absolute Gasteiger partial charge is 0.266 e. The summed E-state index contributed by atoms with van der Waals surface area (Å²) in [5.74, 6) is -0.506. The number of nitriles is 1. The molecule has 0 aromatic carbocycles. The van der Waals surface area contributed by atoms with Crippen LogP contribution in [0.5, 0.6) is 0 Å². The Hall–Kier alpha value is -1.32. The van der Waals surface area contributed by atoms with Gasteiger partial charge in [0.1, 0.15) is 5.82 Å². The summed E-state index contributed by atoms with van der Waals surface area (Å²) >= 11 is 5.61. The number of anilines is 1. The molecule has 7 heteroatoms. The van der Waals surface area contributed by atoms with Gasteiger partial charge >= 0.3 is 0 Å². The van der Waals surface area contributed by atoms with Crippen LogP contribution in [0.1, 0.15) is 0 Å². The first kappa shape index (κ1) is 10.8. The second kappa shape index (κ2) is 4.26. The van der Waals surface area contributed by atoms with Crippen LogP contribution in [-0.4, -0.2) is 19.2 Å². The van der Waals surface area contributed by atoms with Crippen LogP contribution in [0.15, 0.2) is 18.3 Å². The van der Waals surface area contributed by atoms with Crippen molar-refractivity contribution >= 4 is 27.4 Å². The molecule has 1 rings (SSSR count). The fourth-order valence-corrected chi connectivity index (χ4v) is 1.57. The fraction of sp³-hybridized carbons (Fsp3) is 0.143. The van der Waals surface area contributed by atoms with Crippen molar-refractivity contribution in [1.29, 1.82) is 5.26 Å². The second-order valence-electron chi connectivity index (χ2n) is 2.38. The Balaban J connectivity index is 2.85. The maximum Gasteiger partial charge on any atom is 0.247 e. The Bertz CT molecular complexity index is 466. The second-order valence-corrected chi connectivity index (χ2v) is 4.54. The van der Waals surface area contributed by atoms with E-state index in [1.54, 1.807) is 0 Å². The molecule has 0 aliphatic carbocycles. The summed E-state index contributed by atoms with van der Waals surface area (Å²) in [6.45, 7) is 0. The highest BCUT2D eigenvalue weighted by atomic mass is 35.5. The molecule has 0 bridgehead atoms. The number of sulfonamides is 1. The molecule has 74 valence electrons. The SMILES string of the molecule is N#CCS(=O)(=O)Nc1cc(Cl)ccn1. The minimum Gasteiger partial charge on any atom is -0.266 e. The van der Waals surface area contributed by atoms with Crippen LogP contribution in [0.4, 0.5) is 5.82 Å². The van der Waals surface area contributed by atoms with Gasteiger partial charge < -0.3 is 0 Å². The Kier molecular flexibility index (Phi) is 3.28. The predicted octanol–water partition coefficient (Wildman–Crippen LogP) is 1.00. The number of pyridine rings is 1. The maximum atomic E-state index is 11.1. The van der Waals surface area contributed by atoms with E-state index < -0.39 is 15.8 Å². The summed E-state index contributed by atoms with van der Waals surface area (Å²) in [7, 11) is -3.63. The van der Waals surface area contributed by atoms with Crippen molar-refractivity contribution in [3.05, 3.63) is 23.4 Å². The molecule has 1 aromatic heterocycles. The average molecular weight is 232 g/mol. The van der Waals surface area contributed by atoms with Gasteiger partial charge in [-0.2, -0.15) is 5.26 Å². The van der Waals surface area contributed by atoms with Gasteiger partial charge in [-0.15, -0.1) is 0 Å². The van der Waals surface area contributed by atoms with Gasteiger partial charge in [-0.25, -0.2) is 13.4 Å². The lowest BCUT2D eigenvalue weighted by atomic mass is 10.5. The Morgan fingerprint density at radius 1 is 1.64 bits per heavy atom. The summed E-state index contributed by atoms with van der Waals surface area (Å²) < 4.78 is 24.3. The van der Waals surface area contributed by atoms with Crippen LogP contribution >= 0.6 is 11.6 Å². The molecule has 0 saturated carbocycles. The van der Waals surface area contributed by atoms with Gasteiger partial charge in [0.15, 0.2) is 5.75 Å². The van der Waals surface area contributed by atoms with E-state index in [0.29, 0.717) is 5.02 Å². The minimum absolute atomic E-state index is 0.104. The first-order valence-electron chi connectivity index (χ1n) is 3.52. The van der Waals surface area contributed by atoms with Crippen molar-refractivity contribution in [2.45, 2.75) is 0 Å². The molecule has 0 radical (unpaired) electrons. The number of halogens is 1. The zero-order valence-corrected chi connectivity index (χ0v) is 8.51. The highest BCUT2D eigenvalue weighted by molar-refractivity contribution is 7.92. The van der Waals surface area contributed by atoms with Crippen molar-refractivity contribution in [2.24, 2.45) is 0 Å². The van der Waals surface area contributed by atoms with Crippen LogP contribution in [0.25, 0.3) is 0 Å². The standard InChI is InChI=1S/C7H6ClN3O2S/c8-6-1-3-10-7(5-6)11-14(12,13)4-2-9/h1,3,5H,4H2,(H,10,11). The third-order valence-electron chi connectivity index (χ3n) is 1.24. The molecule has 1 N–H and O–H groups in total. The van der Waals surface area contributed by atoms with Gasteiger partial charge in [0.25, 0.3) is 0 Å². The molecule has 0 unspecified atom stereocenters. The molecule has 0 aliphatic rings. The fourth-order valence-electron chi connectivity index (χ4n) is 0.741. The van der Waals surface area contributed by atoms with Gasteiger partial charge in [-0.3, -0.25) is 4.72 Å². The zero-order chi connectivity index (χ0) is 10.6. The lowest BCUT2D eigenvalue weighted by Crippen LogP contribution is -2.16. The number of rotatable bonds is 3. The summed E-state index contributed by atoms with van der Waals surface area (Å²) in [6, 6.07) is 4.41. The van der Waals surface area contributed by atoms with Crippen LogP contribution in [0, 0.1) is 11.3 Å². The highest BCUT2D eigenvalue weighted by Gasteiger charge is 2.09. The summed E-state index contributed by atoms with van der Waals surface area (Å²) in [5.41, 5.74) is 0. The Labute approximate surface area is 86.4 Å². The molecule has 0 aliphatic heterocycles. The van der Waals surface area contributed by atoms with E-state index in [4.69, 9.17) is 16.9 Å². The monoisotopic (exact) mass is 231 g/mol. The number of nitrogens with one attached hydrogen (secondary N) is 1. The average Bonchev–Trinajstić information content (AvgIpc) is 2.02. The minimum atomic E-state index is -3.63. The Morgan fingerprint density at radius 2 is 2.36 bits per heavy atom. The number of nitrogens with zero attached hydrogens (tertiary/aromatic N) is 2. The molecule has 1 heterocycles. The van der Waals surface area contributed by atoms with Crippen molar-refractivity contribution < 1.29 is 8.42 Å². The molecule has 0 atom stereocenters. The van der Waals surface area contributed by atoms with Crippen LogP contribution in [-0.2, 0) is 10.0 Å². The van der Waals surface area contributed by atoms with Crippen molar-refractivity contribution in [3.8, 4) is 6.07 Å². The van der Waals surface area contributed by atoms with Crippen LogP contribution in [0.3, 0.4) is 0 Å². The molecule has 0 spiro atoms. The van der Waals surface area contributed by atoms with E-state index in [-0.39, 0.29) is 5.82 Å². The first-order chi connectivity index (χ1) is 6.53. The van der Waals surface area contributed by atoms with E-state index in [9.17, 15) is 8.42 Å². The van der Waals surface area contributed by atoms with E-state index in [2.05, 4.69) is 9.71 Å². The quantitative estimate of drug-likeness (QED) is 0.841. The Morgan fingerprint density at radius 3 is 2.93 bits per heavy atom. The third kappa shape index (κ3) is 3.20. The van der Waals surface area contributed by atoms with E-state index >= 15 is 0 Å². The summed E-state index contributed by atoms with van der Waals surface area (Å²) in [4.78, 5) is 3.72. The lowest BCUT2D eigenvalue weighted by molar-refractivity contribution is 0.604. The van der Waals surface area contributed by atoms with Crippen LogP contribution in [0.2, 0.25) is 5.02 Å². The number of aromatic nitrogens is 1.